The van der Waals surface area contributed by atoms with Gasteiger partial charge in [-0.2, -0.15) is 4.72 Å². The molecule has 2 rings (SSSR count). The molecule has 5 N–H and O–H groups in total. The molecule has 0 unspecified atom stereocenters. The number of sulfonamides is 1. The first-order valence-electron chi connectivity index (χ1n) is 11.5. The fourth-order valence-corrected chi connectivity index (χ4v) is 5.12. The number of primary amides is 1. The molecule has 1 heterocycles. The number of nitrogens with one attached hydrogen (secondary N) is 2. The van der Waals surface area contributed by atoms with Gasteiger partial charge in [0.25, 0.3) is 0 Å². The molecule has 1 fully saturated rings. The van der Waals surface area contributed by atoms with Crippen molar-refractivity contribution in [3.8, 4) is 0 Å². The first-order chi connectivity index (χ1) is 16.3. The standard InChI is InChI=1S/C23H34N4O7S/c1-14(2)12-18(26-35(33,34)17-6-4-15(3)5-7-17)22(30)27-10-8-16(9-11-27)21(29)25-19(23(31)32)13-20(24)28/h4-7,14,16,18-19,26H,8-13H2,1-3H3,(H2,24,28)(H,25,29)(H,31,32)/t18-,19-/m0/s1. The fraction of sp³-hybridized carbons (Fsp3) is 0.565. The number of carbonyl (C=O) groups excluding carboxylic acids is 3. The van der Waals surface area contributed by atoms with Gasteiger partial charge in [-0.25, -0.2) is 13.2 Å². The Morgan fingerprint density at radius 1 is 1.09 bits per heavy atom. The number of benzene rings is 1. The SMILES string of the molecule is Cc1ccc(S(=O)(=O)N[C@@H](CC(C)C)C(=O)N2CCC(C(=O)N[C@@H](CC(N)=O)C(=O)O)CC2)cc1. The monoisotopic (exact) mass is 510 g/mol. The van der Waals surface area contributed by atoms with E-state index in [1.807, 2.05) is 20.8 Å². The lowest BCUT2D eigenvalue weighted by Crippen LogP contribution is -2.53. The van der Waals surface area contributed by atoms with Crippen LogP contribution in [-0.4, -0.2) is 67.3 Å². The van der Waals surface area contributed by atoms with E-state index in [9.17, 15) is 32.7 Å². The minimum atomic E-state index is -3.92. The molecule has 1 aromatic carbocycles. The van der Waals surface area contributed by atoms with Crippen LogP contribution in [0.15, 0.2) is 29.2 Å². The Hall–Kier alpha value is -2.99. The van der Waals surface area contributed by atoms with Gasteiger partial charge in [0.1, 0.15) is 12.1 Å². The van der Waals surface area contributed by atoms with Crippen LogP contribution in [0.25, 0.3) is 0 Å². The summed E-state index contributed by atoms with van der Waals surface area (Å²) in [5.41, 5.74) is 5.95. The average Bonchev–Trinajstić information content (AvgIpc) is 2.77. The van der Waals surface area contributed by atoms with E-state index in [0.29, 0.717) is 6.42 Å². The van der Waals surface area contributed by atoms with E-state index >= 15 is 0 Å². The molecule has 11 nitrogen and oxygen atoms in total. The maximum atomic E-state index is 13.2. The minimum absolute atomic E-state index is 0.0474. The van der Waals surface area contributed by atoms with Crippen molar-refractivity contribution >= 4 is 33.7 Å². The van der Waals surface area contributed by atoms with Crippen molar-refractivity contribution < 1.29 is 32.7 Å². The van der Waals surface area contributed by atoms with Gasteiger partial charge in [-0.15, -0.1) is 0 Å². The number of carboxylic acid groups (broad SMARTS) is 1. The molecule has 0 aromatic heterocycles. The fourth-order valence-electron chi connectivity index (χ4n) is 3.92. The van der Waals surface area contributed by atoms with Gasteiger partial charge in [0.05, 0.1) is 11.3 Å². The number of piperidine rings is 1. The molecule has 3 amide bonds. The van der Waals surface area contributed by atoms with Gasteiger partial charge >= 0.3 is 5.97 Å². The number of hydrogen-bond donors (Lipinski definition) is 4. The number of aliphatic carboxylic acids is 1. The summed E-state index contributed by atoms with van der Waals surface area (Å²) >= 11 is 0. The number of nitrogens with two attached hydrogens (primary N) is 1. The molecule has 1 aliphatic rings. The van der Waals surface area contributed by atoms with Crippen LogP contribution >= 0.6 is 0 Å². The lowest BCUT2D eigenvalue weighted by Gasteiger charge is -2.34. The summed E-state index contributed by atoms with van der Waals surface area (Å²) in [6.07, 6.45) is 0.341. The summed E-state index contributed by atoms with van der Waals surface area (Å²) in [6, 6.07) is 3.97. The zero-order valence-corrected chi connectivity index (χ0v) is 21.0. The minimum Gasteiger partial charge on any atom is -0.480 e. The van der Waals surface area contributed by atoms with Crippen molar-refractivity contribution in [2.75, 3.05) is 13.1 Å². The molecule has 0 spiro atoms. The number of rotatable bonds is 11. The molecule has 1 aromatic rings. The number of carbonyl (C=O) groups is 4. The number of amides is 3. The second-order valence-electron chi connectivity index (χ2n) is 9.29. The Balaban J connectivity index is 2.04. The molecule has 2 atom stereocenters. The van der Waals surface area contributed by atoms with E-state index in [2.05, 4.69) is 10.0 Å². The maximum absolute atomic E-state index is 13.2. The predicted molar refractivity (Wildman–Crippen MR) is 127 cm³/mol. The topological polar surface area (TPSA) is 176 Å². The summed E-state index contributed by atoms with van der Waals surface area (Å²) in [6.45, 7) is 6.05. The number of hydrogen-bond acceptors (Lipinski definition) is 6. The third-order valence-corrected chi connectivity index (χ3v) is 7.32. The molecule has 35 heavy (non-hydrogen) atoms. The molecular formula is C23H34N4O7S. The Labute approximate surface area is 205 Å². The molecule has 0 bridgehead atoms. The van der Waals surface area contributed by atoms with Crippen LogP contribution in [0.3, 0.4) is 0 Å². The van der Waals surface area contributed by atoms with Gasteiger partial charge < -0.3 is 21.1 Å². The first kappa shape index (κ1) is 28.2. The molecule has 12 heteroatoms. The van der Waals surface area contributed by atoms with Crippen LogP contribution in [0.1, 0.15) is 45.1 Å². The van der Waals surface area contributed by atoms with E-state index in [4.69, 9.17) is 5.73 Å². The summed E-state index contributed by atoms with van der Waals surface area (Å²) < 4.78 is 28.3. The van der Waals surface area contributed by atoms with Gasteiger partial charge in [0.15, 0.2) is 0 Å². The van der Waals surface area contributed by atoms with Crippen molar-refractivity contribution in [1.82, 2.24) is 14.9 Å². The highest BCUT2D eigenvalue weighted by Crippen LogP contribution is 2.21. The van der Waals surface area contributed by atoms with Gasteiger partial charge in [0.2, 0.25) is 27.7 Å². The zero-order chi connectivity index (χ0) is 26.3. The molecule has 194 valence electrons. The molecule has 0 saturated carbocycles. The number of likely N-dealkylation sites (tertiary alicyclic amines) is 1. The highest BCUT2D eigenvalue weighted by atomic mass is 32.2. The molecule has 0 aliphatic carbocycles. The first-order valence-corrected chi connectivity index (χ1v) is 13.0. The number of nitrogens with zero attached hydrogens (tertiary/aromatic N) is 1. The normalized spacial score (nSPS) is 16.5. The number of aryl methyl sites for hydroxylation is 1. The van der Waals surface area contributed by atoms with Crippen LogP contribution in [0, 0.1) is 18.8 Å². The van der Waals surface area contributed by atoms with Crippen LogP contribution in [0.5, 0.6) is 0 Å². The van der Waals surface area contributed by atoms with Gasteiger partial charge in [-0.1, -0.05) is 31.5 Å². The Morgan fingerprint density at radius 2 is 1.66 bits per heavy atom. The van der Waals surface area contributed by atoms with Crippen LogP contribution in [0.2, 0.25) is 0 Å². The third-order valence-electron chi connectivity index (χ3n) is 5.83. The Morgan fingerprint density at radius 3 is 2.14 bits per heavy atom. The van der Waals surface area contributed by atoms with Crippen molar-refractivity contribution in [2.24, 2.45) is 17.6 Å². The lowest BCUT2D eigenvalue weighted by molar-refractivity contribution is -0.144. The van der Waals surface area contributed by atoms with Gasteiger partial charge in [0, 0.05) is 19.0 Å². The molecule has 1 aliphatic heterocycles. The van der Waals surface area contributed by atoms with E-state index in [-0.39, 0.29) is 42.7 Å². The van der Waals surface area contributed by atoms with Crippen molar-refractivity contribution in [2.45, 2.75) is 63.4 Å². The summed E-state index contributed by atoms with van der Waals surface area (Å²) in [7, 11) is -3.92. The highest BCUT2D eigenvalue weighted by molar-refractivity contribution is 7.89. The Kier molecular flexibility index (Phi) is 9.78. The molecule has 1 saturated heterocycles. The summed E-state index contributed by atoms with van der Waals surface area (Å²) in [5, 5.41) is 11.5. The smallest absolute Gasteiger partial charge is 0.326 e. The van der Waals surface area contributed by atoms with Crippen molar-refractivity contribution in [1.29, 1.82) is 0 Å². The van der Waals surface area contributed by atoms with E-state index in [1.165, 1.54) is 17.0 Å². The van der Waals surface area contributed by atoms with Gasteiger partial charge in [-0.05, 0) is 44.2 Å². The van der Waals surface area contributed by atoms with Crippen molar-refractivity contribution in [3.05, 3.63) is 29.8 Å². The summed E-state index contributed by atoms with van der Waals surface area (Å²) in [4.78, 5) is 49.6. The third kappa shape index (κ3) is 8.32. The quantitative estimate of drug-likeness (QED) is 0.332. The van der Waals surface area contributed by atoms with Crippen LogP contribution < -0.4 is 15.8 Å². The predicted octanol–water partition coefficient (Wildman–Crippen LogP) is 0.371. The molecular weight excluding hydrogens is 476 g/mol. The maximum Gasteiger partial charge on any atom is 0.326 e. The zero-order valence-electron chi connectivity index (χ0n) is 20.2. The second-order valence-corrected chi connectivity index (χ2v) is 11.0. The van der Waals surface area contributed by atoms with E-state index in [1.54, 1.807) is 12.1 Å². The highest BCUT2D eigenvalue weighted by Gasteiger charge is 2.34. The largest absolute Gasteiger partial charge is 0.480 e. The van der Waals surface area contributed by atoms with Crippen LogP contribution in [0.4, 0.5) is 0 Å². The lowest BCUT2D eigenvalue weighted by atomic mass is 9.94. The van der Waals surface area contributed by atoms with Crippen LogP contribution in [-0.2, 0) is 29.2 Å². The molecule has 0 radical (unpaired) electrons. The average molecular weight is 511 g/mol. The van der Waals surface area contributed by atoms with E-state index < -0.39 is 52.2 Å². The Bertz CT molecular complexity index is 1030. The second kappa shape index (κ2) is 12.1. The van der Waals surface area contributed by atoms with Crippen molar-refractivity contribution in [3.63, 3.8) is 0 Å². The van der Waals surface area contributed by atoms with E-state index in [0.717, 1.165) is 5.56 Å². The van der Waals surface area contributed by atoms with Gasteiger partial charge in [-0.3, -0.25) is 14.4 Å². The summed E-state index contributed by atoms with van der Waals surface area (Å²) in [5.74, 6) is -3.59. The number of carboxylic acids is 1.